The van der Waals surface area contributed by atoms with Crippen LogP contribution in [0.4, 0.5) is 5.69 Å². The van der Waals surface area contributed by atoms with Crippen molar-refractivity contribution in [2.45, 2.75) is 0 Å². The lowest BCUT2D eigenvalue weighted by Crippen LogP contribution is -2.14. The van der Waals surface area contributed by atoms with E-state index in [1.165, 1.54) is 0 Å². The topological polar surface area (TPSA) is 46.2 Å². The van der Waals surface area contributed by atoms with Crippen LogP contribution in [0.3, 0.4) is 0 Å². The molecule has 154 valence electrons. The quantitative estimate of drug-likeness (QED) is 0.341. The molecule has 0 radical (unpaired) electrons. The fourth-order valence-electron chi connectivity index (χ4n) is 3.99. The molecule has 0 saturated carbocycles. The minimum absolute atomic E-state index is 0.0362. The maximum Gasteiger partial charge on any atom is 0.257 e. The Morgan fingerprint density at radius 3 is 1.97 bits per heavy atom. The van der Waals surface area contributed by atoms with Gasteiger partial charge in [0.1, 0.15) is 0 Å². The molecular formula is C28H18ClNO2. The normalized spacial score (nSPS) is 12.0. The Morgan fingerprint density at radius 2 is 1.31 bits per heavy atom. The summed E-state index contributed by atoms with van der Waals surface area (Å²) in [5.41, 5.74) is 6.18. The maximum atomic E-state index is 13.0. The lowest BCUT2D eigenvalue weighted by molar-refractivity contribution is 0.102. The van der Waals surface area contributed by atoms with Crippen molar-refractivity contribution in [3.63, 3.8) is 0 Å². The number of anilines is 1. The molecule has 5 rings (SSSR count). The highest BCUT2D eigenvalue weighted by molar-refractivity contribution is 6.34. The van der Waals surface area contributed by atoms with Gasteiger partial charge in [0, 0.05) is 16.8 Å². The number of nitrogens with one attached hydrogen (secondary N) is 1. The molecule has 1 N–H and O–H groups in total. The van der Waals surface area contributed by atoms with Gasteiger partial charge in [-0.1, -0.05) is 84.4 Å². The van der Waals surface area contributed by atoms with E-state index in [1.54, 1.807) is 24.3 Å². The third-order valence-electron chi connectivity index (χ3n) is 5.50. The van der Waals surface area contributed by atoms with Crippen LogP contribution in [0.25, 0.3) is 11.6 Å². The van der Waals surface area contributed by atoms with Crippen molar-refractivity contribution in [1.29, 1.82) is 0 Å². The van der Waals surface area contributed by atoms with E-state index in [4.69, 9.17) is 11.6 Å². The Labute approximate surface area is 191 Å². The summed E-state index contributed by atoms with van der Waals surface area (Å²) in [6, 6.07) is 29.9. The fraction of sp³-hybridized carbons (Fsp3) is 0. The van der Waals surface area contributed by atoms with Gasteiger partial charge in [0.25, 0.3) is 5.91 Å². The zero-order chi connectivity index (χ0) is 22.1. The maximum absolute atomic E-state index is 13.0. The predicted octanol–water partition coefficient (Wildman–Crippen LogP) is 6.73. The molecule has 0 bridgehead atoms. The van der Waals surface area contributed by atoms with Crippen molar-refractivity contribution < 1.29 is 9.59 Å². The number of fused-ring (bicyclic) bond motifs is 2. The van der Waals surface area contributed by atoms with Crippen molar-refractivity contribution in [2.75, 3.05) is 5.32 Å². The Morgan fingerprint density at radius 1 is 0.719 bits per heavy atom. The highest BCUT2D eigenvalue weighted by Crippen LogP contribution is 2.37. The summed E-state index contributed by atoms with van der Waals surface area (Å²) in [6.07, 6.45) is 2.05. The summed E-state index contributed by atoms with van der Waals surface area (Å²) in [5.74, 6) is -0.228. The van der Waals surface area contributed by atoms with Gasteiger partial charge in [-0.15, -0.1) is 0 Å². The third kappa shape index (κ3) is 3.64. The minimum atomic E-state index is -0.264. The number of ketones is 1. The van der Waals surface area contributed by atoms with E-state index >= 15 is 0 Å². The molecule has 32 heavy (non-hydrogen) atoms. The second-order valence-corrected chi connectivity index (χ2v) is 7.94. The van der Waals surface area contributed by atoms with E-state index in [2.05, 4.69) is 11.4 Å². The molecule has 1 aliphatic rings. The fourth-order valence-corrected chi connectivity index (χ4v) is 4.22. The van der Waals surface area contributed by atoms with Crippen LogP contribution < -0.4 is 5.32 Å². The number of carbonyl (C=O) groups excluding carboxylic acids is 2. The molecular weight excluding hydrogens is 418 g/mol. The van der Waals surface area contributed by atoms with Crippen LogP contribution in [-0.2, 0) is 0 Å². The van der Waals surface area contributed by atoms with Crippen molar-refractivity contribution in [3.8, 4) is 0 Å². The van der Waals surface area contributed by atoms with E-state index in [0.717, 1.165) is 22.3 Å². The first-order valence-electron chi connectivity index (χ1n) is 10.2. The number of amides is 1. The molecule has 1 aliphatic carbocycles. The second kappa shape index (κ2) is 8.29. The summed E-state index contributed by atoms with van der Waals surface area (Å²) in [7, 11) is 0. The van der Waals surface area contributed by atoms with Crippen LogP contribution in [0, 0.1) is 0 Å². The van der Waals surface area contributed by atoms with Crippen LogP contribution in [0.1, 0.15) is 43.0 Å². The van der Waals surface area contributed by atoms with E-state index in [1.807, 2.05) is 72.8 Å². The highest BCUT2D eigenvalue weighted by Gasteiger charge is 2.26. The van der Waals surface area contributed by atoms with Crippen molar-refractivity contribution >= 4 is 40.6 Å². The van der Waals surface area contributed by atoms with Gasteiger partial charge >= 0.3 is 0 Å². The molecule has 0 atom stereocenters. The van der Waals surface area contributed by atoms with E-state index < -0.39 is 0 Å². The number of rotatable bonds is 3. The highest BCUT2D eigenvalue weighted by atomic mass is 35.5. The Hall–Kier alpha value is -3.95. The summed E-state index contributed by atoms with van der Waals surface area (Å²) >= 11 is 6.16. The average molecular weight is 436 g/mol. The largest absolute Gasteiger partial charge is 0.322 e. The molecule has 0 spiro atoms. The van der Waals surface area contributed by atoms with Gasteiger partial charge in [0.2, 0.25) is 0 Å². The number of carbonyl (C=O) groups is 2. The number of benzene rings is 4. The lowest BCUT2D eigenvalue weighted by Gasteiger charge is -2.21. The lowest BCUT2D eigenvalue weighted by atomic mass is 9.81. The zero-order valence-electron chi connectivity index (χ0n) is 17.0. The van der Waals surface area contributed by atoms with Gasteiger partial charge in [0.15, 0.2) is 5.78 Å². The zero-order valence-corrected chi connectivity index (χ0v) is 17.8. The van der Waals surface area contributed by atoms with Crippen LogP contribution in [0.2, 0.25) is 5.02 Å². The number of hydrogen-bond donors (Lipinski definition) is 1. The summed E-state index contributed by atoms with van der Waals surface area (Å²) in [5, 5.41) is 3.32. The van der Waals surface area contributed by atoms with E-state index in [-0.39, 0.29) is 11.7 Å². The molecule has 3 nitrogen and oxygen atoms in total. The van der Waals surface area contributed by atoms with Crippen molar-refractivity contribution in [2.24, 2.45) is 0 Å². The van der Waals surface area contributed by atoms with Crippen LogP contribution in [-0.4, -0.2) is 11.7 Å². The molecule has 0 fully saturated rings. The summed E-state index contributed by atoms with van der Waals surface area (Å²) < 4.78 is 0. The van der Waals surface area contributed by atoms with Crippen molar-refractivity contribution in [3.05, 3.63) is 135 Å². The number of hydrogen-bond acceptors (Lipinski definition) is 2. The van der Waals surface area contributed by atoms with Gasteiger partial charge in [-0.05, 0) is 52.6 Å². The Bertz CT molecular complexity index is 1350. The molecule has 4 aromatic rings. The minimum Gasteiger partial charge on any atom is -0.322 e. The molecule has 0 aromatic heterocycles. The first kappa shape index (κ1) is 20.0. The molecule has 0 aliphatic heterocycles. The average Bonchev–Trinajstić information content (AvgIpc) is 2.82. The monoisotopic (exact) mass is 435 g/mol. The Balaban J connectivity index is 1.54. The smallest absolute Gasteiger partial charge is 0.257 e. The Kier molecular flexibility index (Phi) is 5.18. The van der Waals surface area contributed by atoms with Gasteiger partial charge < -0.3 is 5.32 Å². The van der Waals surface area contributed by atoms with Crippen LogP contribution >= 0.6 is 11.6 Å². The second-order valence-electron chi connectivity index (χ2n) is 7.54. The molecule has 0 heterocycles. The molecule has 1 amide bonds. The first-order chi connectivity index (χ1) is 15.6. The standard InChI is InChI=1S/C28H18ClNO2/c29-26-15-6-5-14-24(26)28(32)30-19-9-7-8-18(16-19)17-25-20-10-1-3-12-22(20)27(31)23-13-4-2-11-21(23)25/h1-17H,(H,30,32). The number of halogens is 1. The van der Waals surface area contributed by atoms with Gasteiger partial charge in [-0.2, -0.15) is 0 Å². The molecule has 4 heteroatoms. The van der Waals surface area contributed by atoms with Gasteiger partial charge in [-0.3, -0.25) is 9.59 Å². The summed E-state index contributed by atoms with van der Waals surface area (Å²) in [4.78, 5) is 25.6. The summed E-state index contributed by atoms with van der Waals surface area (Å²) in [6.45, 7) is 0. The van der Waals surface area contributed by atoms with Gasteiger partial charge in [0.05, 0.1) is 10.6 Å². The van der Waals surface area contributed by atoms with E-state index in [0.29, 0.717) is 27.4 Å². The van der Waals surface area contributed by atoms with Crippen LogP contribution in [0.15, 0.2) is 97.1 Å². The third-order valence-corrected chi connectivity index (χ3v) is 5.83. The van der Waals surface area contributed by atoms with Gasteiger partial charge in [-0.25, -0.2) is 0 Å². The SMILES string of the molecule is O=C(Nc1cccc(C=C2c3ccccc3C(=O)c3ccccc32)c1)c1ccccc1Cl. The first-order valence-corrected chi connectivity index (χ1v) is 10.6. The van der Waals surface area contributed by atoms with Crippen molar-refractivity contribution in [1.82, 2.24) is 0 Å². The molecule has 4 aromatic carbocycles. The van der Waals surface area contributed by atoms with E-state index in [9.17, 15) is 9.59 Å². The molecule has 0 saturated heterocycles. The molecule has 0 unspecified atom stereocenters. The van der Waals surface area contributed by atoms with Crippen LogP contribution in [0.5, 0.6) is 0 Å². The predicted molar refractivity (Wildman–Crippen MR) is 129 cm³/mol.